The number of anilines is 1. The molecule has 0 unspecified atom stereocenters. The number of hydrogen-bond acceptors (Lipinski definition) is 5. The van der Waals surface area contributed by atoms with Crippen LogP contribution in [0, 0.1) is 5.92 Å². The Labute approximate surface area is 122 Å². The molecule has 2 N–H and O–H groups in total. The molecule has 0 aliphatic heterocycles. The highest BCUT2D eigenvalue weighted by molar-refractivity contribution is 6.32. The number of aromatic nitrogens is 2. The summed E-state index contributed by atoms with van der Waals surface area (Å²) in [6.07, 6.45) is 4.58. The highest BCUT2D eigenvalue weighted by Crippen LogP contribution is 2.30. The molecule has 2 rings (SSSR count). The van der Waals surface area contributed by atoms with Crippen LogP contribution in [0.4, 0.5) is 5.69 Å². The fraction of sp³-hybridized carbons (Fsp3) is 0.692. The lowest BCUT2D eigenvalue weighted by molar-refractivity contribution is 0.0922. The molecule has 1 aliphatic carbocycles. The number of nitrogens with one attached hydrogen (secondary N) is 1. The summed E-state index contributed by atoms with van der Waals surface area (Å²) < 4.78 is 6.63. The number of aliphatic hydroxyl groups excluding tert-OH is 1. The molecule has 1 aromatic heterocycles. The number of rotatable bonds is 9. The van der Waals surface area contributed by atoms with Crippen LogP contribution in [-0.2, 0) is 11.3 Å². The van der Waals surface area contributed by atoms with Crippen molar-refractivity contribution in [2.24, 2.45) is 5.92 Å². The highest BCUT2D eigenvalue weighted by atomic mass is 35.5. The summed E-state index contributed by atoms with van der Waals surface area (Å²) in [5.41, 5.74) is 0.241. The van der Waals surface area contributed by atoms with E-state index in [1.165, 1.54) is 23.7 Å². The second-order valence-corrected chi connectivity index (χ2v) is 5.32. The Bertz CT molecular complexity index is 488. The van der Waals surface area contributed by atoms with Crippen molar-refractivity contribution in [1.82, 2.24) is 9.78 Å². The van der Waals surface area contributed by atoms with Gasteiger partial charge in [0.2, 0.25) is 0 Å². The summed E-state index contributed by atoms with van der Waals surface area (Å²) in [7, 11) is 0. The van der Waals surface area contributed by atoms with Gasteiger partial charge in [0, 0.05) is 19.7 Å². The molecule has 1 aliphatic rings. The molecule has 0 spiro atoms. The molecule has 1 fully saturated rings. The van der Waals surface area contributed by atoms with Crippen molar-refractivity contribution in [2.45, 2.75) is 25.8 Å². The molecule has 1 aromatic rings. The number of aliphatic hydroxyl groups is 1. The van der Waals surface area contributed by atoms with E-state index in [4.69, 9.17) is 21.4 Å². The van der Waals surface area contributed by atoms with Gasteiger partial charge in [-0.3, -0.25) is 4.79 Å². The fourth-order valence-electron chi connectivity index (χ4n) is 1.86. The number of halogens is 1. The molecule has 112 valence electrons. The second-order valence-electron chi connectivity index (χ2n) is 4.91. The van der Waals surface area contributed by atoms with Gasteiger partial charge in [-0.1, -0.05) is 11.6 Å². The van der Waals surface area contributed by atoms with Gasteiger partial charge in [0.1, 0.15) is 5.69 Å². The summed E-state index contributed by atoms with van der Waals surface area (Å²) >= 11 is 6.01. The van der Waals surface area contributed by atoms with E-state index in [2.05, 4.69) is 10.4 Å². The first-order valence-electron chi connectivity index (χ1n) is 6.90. The van der Waals surface area contributed by atoms with Crippen LogP contribution < -0.4 is 10.9 Å². The molecule has 0 saturated heterocycles. The molecule has 0 bridgehead atoms. The summed E-state index contributed by atoms with van der Waals surface area (Å²) in [4.78, 5) is 12.2. The maximum absolute atomic E-state index is 12.2. The van der Waals surface area contributed by atoms with Crippen LogP contribution in [0.25, 0.3) is 0 Å². The molecule has 1 heterocycles. The molecule has 1 saturated carbocycles. The molecule has 0 radical (unpaired) electrons. The van der Waals surface area contributed by atoms with Crippen molar-refractivity contribution in [3.8, 4) is 0 Å². The number of ether oxygens (including phenoxy) is 1. The SMILES string of the molecule is O=c1c(NCCCOCCO)c(Cl)cnn1CC1CC1. The molecular formula is C13H20ClN3O3. The van der Waals surface area contributed by atoms with E-state index in [-0.39, 0.29) is 12.2 Å². The Balaban J connectivity index is 1.87. The van der Waals surface area contributed by atoms with Crippen molar-refractivity contribution in [3.63, 3.8) is 0 Å². The normalized spacial score (nSPS) is 14.5. The zero-order valence-electron chi connectivity index (χ0n) is 11.3. The van der Waals surface area contributed by atoms with Gasteiger partial charge in [0.05, 0.1) is 24.4 Å². The van der Waals surface area contributed by atoms with Crippen LogP contribution in [0.15, 0.2) is 11.0 Å². The standard InChI is InChI=1S/C13H20ClN3O3/c14-11-8-16-17(9-10-2-3-10)13(19)12(11)15-4-1-6-20-7-5-18/h8,10,15,18H,1-7,9H2. The monoisotopic (exact) mass is 301 g/mol. The smallest absolute Gasteiger partial charge is 0.291 e. The maximum Gasteiger partial charge on any atom is 0.291 e. The molecule has 0 aromatic carbocycles. The first-order chi connectivity index (χ1) is 9.72. The van der Waals surface area contributed by atoms with Crippen LogP contribution in [0.3, 0.4) is 0 Å². The van der Waals surface area contributed by atoms with Crippen LogP contribution in [0.5, 0.6) is 0 Å². The van der Waals surface area contributed by atoms with Crippen molar-refractivity contribution in [1.29, 1.82) is 0 Å². The molecule has 20 heavy (non-hydrogen) atoms. The number of nitrogens with zero attached hydrogens (tertiary/aromatic N) is 2. The Morgan fingerprint density at radius 2 is 2.30 bits per heavy atom. The molecule has 7 heteroatoms. The third-order valence-electron chi connectivity index (χ3n) is 3.13. The summed E-state index contributed by atoms with van der Waals surface area (Å²) in [6.45, 7) is 2.16. The average Bonchev–Trinajstić information content (AvgIpc) is 3.24. The van der Waals surface area contributed by atoms with Crippen molar-refractivity contribution >= 4 is 17.3 Å². The summed E-state index contributed by atoms with van der Waals surface area (Å²) in [6, 6.07) is 0. The fourth-order valence-corrected chi connectivity index (χ4v) is 2.05. The van der Waals surface area contributed by atoms with E-state index in [0.29, 0.717) is 42.9 Å². The zero-order chi connectivity index (χ0) is 14.4. The lowest BCUT2D eigenvalue weighted by Gasteiger charge is -2.10. The zero-order valence-corrected chi connectivity index (χ0v) is 12.1. The average molecular weight is 302 g/mol. The third-order valence-corrected chi connectivity index (χ3v) is 3.42. The predicted molar refractivity (Wildman–Crippen MR) is 77.2 cm³/mol. The van der Waals surface area contributed by atoms with E-state index < -0.39 is 0 Å². The quantitative estimate of drug-likeness (QED) is 0.668. The van der Waals surface area contributed by atoms with Crippen LogP contribution in [-0.4, -0.2) is 41.3 Å². The van der Waals surface area contributed by atoms with E-state index >= 15 is 0 Å². The van der Waals surface area contributed by atoms with E-state index in [9.17, 15) is 4.79 Å². The molecule has 6 nitrogen and oxygen atoms in total. The van der Waals surface area contributed by atoms with Gasteiger partial charge in [-0.2, -0.15) is 5.10 Å². The molecular weight excluding hydrogens is 282 g/mol. The minimum atomic E-state index is -0.166. The van der Waals surface area contributed by atoms with Crippen LogP contribution in [0.2, 0.25) is 5.02 Å². The first-order valence-corrected chi connectivity index (χ1v) is 7.28. The summed E-state index contributed by atoms with van der Waals surface area (Å²) in [5.74, 6) is 0.584. The van der Waals surface area contributed by atoms with Gasteiger partial charge in [0.25, 0.3) is 5.56 Å². The second kappa shape index (κ2) is 7.61. The van der Waals surface area contributed by atoms with Gasteiger partial charge in [-0.05, 0) is 25.2 Å². The van der Waals surface area contributed by atoms with E-state index in [0.717, 1.165) is 6.42 Å². The first kappa shape index (κ1) is 15.3. The largest absolute Gasteiger partial charge is 0.394 e. The Morgan fingerprint density at radius 3 is 3.00 bits per heavy atom. The van der Waals surface area contributed by atoms with Crippen molar-refractivity contribution in [3.05, 3.63) is 21.6 Å². The Kier molecular flexibility index (Phi) is 5.82. The lowest BCUT2D eigenvalue weighted by atomic mass is 10.3. The van der Waals surface area contributed by atoms with Gasteiger partial charge in [-0.25, -0.2) is 4.68 Å². The Hall–Kier alpha value is -1.11. The van der Waals surface area contributed by atoms with E-state index in [1.807, 2.05) is 0 Å². The van der Waals surface area contributed by atoms with Crippen LogP contribution in [0.1, 0.15) is 19.3 Å². The Morgan fingerprint density at radius 1 is 1.50 bits per heavy atom. The van der Waals surface area contributed by atoms with Crippen LogP contribution >= 0.6 is 11.6 Å². The predicted octanol–water partition coefficient (Wildman–Crippen LogP) is 1.12. The number of hydrogen-bond donors (Lipinski definition) is 2. The van der Waals surface area contributed by atoms with Gasteiger partial charge in [-0.15, -0.1) is 0 Å². The molecule has 0 amide bonds. The van der Waals surface area contributed by atoms with E-state index in [1.54, 1.807) is 0 Å². The van der Waals surface area contributed by atoms with Crippen molar-refractivity contribution < 1.29 is 9.84 Å². The lowest BCUT2D eigenvalue weighted by Crippen LogP contribution is -2.27. The topological polar surface area (TPSA) is 76.4 Å². The molecule has 0 atom stereocenters. The van der Waals surface area contributed by atoms with Gasteiger partial charge < -0.3 is 15.2 Å². The van der Waals surface area contributed by atoms with Gasteiger partial charge in [0.15, 0.2) is 0 Å². The minimum absolute atomic E-state index is 0.0233. The maximum atomic E-state index is 12.2. The highest BCUT2D eigenvalue weighted by Gasteiger charge is 2.23. The van der Waals surface area contributed by atoms with Crippen molar-refractivity contribution in [2.75, 3.05) is 31.7 Å². The third kappa shape index (κ3) is 4.47. The minimum Gasteiger partial charge on any atom is -0.394 e. The summed E-state index contributed by atoms with van der Waals surface area (Å²) in [5, 5.41) is 16.0. The van der Waals surface area contributed by atoms with Gasteiger partial charge >= 0.3 is 0 Å².